The molecule has 11 heteroatoms. The fourth-order valence-electron chi connectivity index (χ4n) is 3.77. The molecule has 1 unspecified atom stereocenters. The third kappa shape index (κ3) is 5.02. The number of halogens is 4. The van der Waals surface area contributed by atoms with E-state index in [1.807, 2.05) is 11.9 Å². The van der Waals surface area contributed by atoms with Crippen LogP contribution in [0.4, 0.5) is 17.6 Å². The van der Waals surface area contributed by atoms with Crippen molar-refractivity contribution in [2.75, 3.05) is 20.6 Å². The van der Waals surface area contributed by atoms with Crippen LogP contribution in [0.3, 0.4) is 0 Å². The molecule has 0 fully saturated rings. The smallest absolute Gasteiger partial charge is 0.357 e. The van der Waals surface area contributed by atoms with Crippen LogP contribution in [-0.2, 0) is 24.1 Å². The Kier molecular flexibility index (Phi) is 6.56. The zero-order valence-electron chi connectivity index (χ0n) is 19.1. The second kappa shape index (κ2) is 8.77. The topological polar surface area (TPSA) is 79.3 Å². The SMILES string of the molecule is CNC(=O)C(NC(=O)c1nc(-c2cc(C(F)(F)F)ccc2F)n2c1CN(C)CC2)C(C)(C)C. The Morgan fingerprint density at radius 2 is 1.82 bits per heavy atom. The summed E-state index contributed by atoms with van der Waals surface area (Å²) in [7, 11) is 3.28. The molecule has 0 saturated carbocycles. The molecule has 1 aromatic heterocycles. The van der Waals surface area contributed by atoms with E-state index in [1.54, 1.807) is 25.3 Å². The van der Waals surface area contributed by atoms with Crippen LogP contribution in [0, 0.1) is 11.2 Å². The predicted octanol–water partition coefficient (Wildman–Crippen LogP) is 3.04. The maximum absolute atomic E-state index is 14.6. The van der Waals surface area contributed by atoms with E-state index in [2.05, 4.69) is 15.6 Å². The van der Waals surface area contributed by atoms with Gasteiger partial charge < -0.3 is 15.2 Å². The number of rotatable bonds is 4. The van der Waals surface area contributed by atoms with Crippen LogP contribution in [0.15, 0.2) is 18.2 Å². The molecular formula is C22H27F4N5O2. The van der Waals surface area contributed by atoms with Gasteiger partial charge in [-0.05, 0) is 30.7 Å². The molecule has 1 aliphatic rings. The maximum Gasteiger partial charge on any atom is 0.416 e. The van der Waals surface area contributed by atoms with Gasteiger partial charge >= 0.3 is 6.18 Å². The standard InChI is InChI=1S/C22H27F4N5O2/c1-21(2,3)17(20(33)27-4)29-19(32)16-15-11-30(5)8-9-31(15)18(28-16)13-10-12(22(24,25)26)6-7-14(13)23/h6-7,10,17H,8-9,11H2,1-5H3,(H,27,33)(H,29,32). The lowest BCUT2D eigenvalue weighted by Gasteiger charge is -2.30. The summed E-state index contributed by atoms with van der Waals surface area (Å²) >= 11 is 0. The third-order valence-electron chi connectivity index (χ3n) is 5.60. The van der Waals surface area contributed by atoms with E-state index >= 15 is 0 Å². The molecule has 1 aliphatic heterocycles. The highest BCUT2D eigenvalue weighted by molar-refractivity contribution is 5.98. The van der Waals surface area contributed by atoms with E-state index < -0.39 is 40.8 Å². The van der Waals surface area contributed by atoms with E-state index in [9.17, 15) is 27.2 Å². The van der Waals surface area contributed by atoms with Gasteiger partial charge in [0.1, 0.15) is 17.7 Å². The fourth-order valence-corrected chi connectivity index (χ4v) is 3.77. The van der Waals surface area contributed by atoms with Crippen molar-refractivity contribution in [3.63, 3.8) is 0 Å². The molecule has 1 aromatic carbocycles. The monoisotopic (exact) mass is 469 g/mol. The summed E-state index contributed by atoms with van der Waals surface area (Å²) in [4.78, 5) is 31.8. The first-order valence-corrected chi connectivity index (χ1v) is 10.4. The number of carbonyl (C=O) groups excluding carboxylic acids is 2. The van der Waals surface area contributed by atoms with Gasteiger partial charge in [0.15, 0.2) is 5.69 Å². The average Bonchev–Trinajstić information content (AvgIpc) is 3.08. The number of hydrogen-bond donors (Lipinski definition) is 2. The van der Waals surface area contributed by atoms with Crippen molar-refractivity contribution in [1.82, 2.24) is 25.1 Å². The average molecular weight is 469 g/mol. The van der Waals surface area contributed by atoms with Crippen molar-refractivity contribution in [1.29, 1.82) is 0 Å². The largest absolute Gasteiger partial charge is 0.416 e. The molecule has 7 nitrogen and oxygen atoms in total. The summed E-state index contributed by atoms with van der Waals surface area (Å²) in [5, 5.41) is 5.20. The van der Waals surface area contributed by atoms with E-state index in [0.717, 1.165) is 6.07 Å². The maximum atomic E-state index is 14.6. The first kappa shape index (κ1) is 24.7. The minimum atomic E-state index is -4.66. The zero-order chi connectivity index (χ0) is 24.7. The van der Waals surface area contributed by atoms with Crippen LogP contribution in [0.25, 0.3) is 11.4 Å². The molecule has 0 saturated heterocycles. The lowest BCUT2D eigenvalue weighted by molar-refractivity contribution is -0.137. The Hall–Kier alpha value is -2.95. The van der Waals surface area contributed by atoms with Gasteiger partial charge in [-0.2, -0.15) is 13.2 Å². The molecule has 0 aliphatic carbocycles. The lowest BCUT2D eigenvalue weighted by Crippen LogP contribution is -2.53. The van der Waals surface area contributed by atoms with Crippen molar-refractivity contribution in [3.8, 4) is 11.4 Å². The van der Waals surface area contributed by atoms with Crippen LogP contribution in [0.5, 0.6) is 0 Å². The van der Waals surface area contributed by atoms with E-state index in [4.69, 9.17) is 0 Å². The number of imidazole rings is 1. The van der Waals surface area contributed by atoms with Crippen molar-refractivity contribution in [3.05, 3.63) is 41.0 Å². The highest BCUT2D eigenvalue weighted by Crippen LogP contribution is 2.35. The third-order valence-corrected chi connectivity index (χ3v) is 5.60. The van der Waals surface area contributed by atoms with Gasteiger partial charge in [0, 0.05) is 26.7 Å². The normalized spacial score (nSPS) is 15.7. The van der Waals surface area contributed by atoms with Crippen molar-refractivity contribution in [2.45, 2.75) is 46.1 Å². The molecule has 1 atom stereocenters. The number of nitrogens with one attached hydrogen (secondary N) is 2. The highest BCUT2D eigenvalue weighted by Gasteiger charge is 2.36. The quantitative estimate of drug-likeness (QED) is 0.675. The molecule has 0 spiro atoms. The number of alkyl halides is 3. The number of nitrogens with zero attached hydrogens (tertiary/aromatic N) is 3. The minimum Gasteiger partial charge on any atom is -0.357 e. The Morgan fingerprint density at radius 3 is 2.39 bits per heavy atom. The van der Waals surface area contributed by atoms with Crippen molar-refractivity contribution >= 4 is 11.8 Å². The minimum absolute atomic E-state index is 0.0495. The lowest BCUT2D eigenvalue weighted by atomic mass is 9.86. The Labute approximate surface area is 189 Å². The van der Waals surface area contributed by atoms with Gasteiger partial charge in [0.25, 0.3) is 5.91 Å². The number of benzene rings is 1. The van der Waals surface area contributed by atoms with Gasteiger partial charge in [-0.1, -0.05) is 20.8 Å². The Morgan fingerprint density at radius 1 is 1.15 bits per heavy atom. The first-order valence-electron chi connectivity index (χ1n) is 10.4. The van der Waals surface area contributed by atoms with E-state index in [-0.39, 0.29) is 23.6 Å². The Balaban J connectivity index is 2.11. The highest BCUT2D eigenvalue weighted by atomic mass is 19.4. The van der Waals surface area contributed by atoms with Crippen LogP contribution >= 0.6 is 0 Å². The van der Waals surface area contributed by atoms with E-state index in [0.29, 0.717) is 30.9 Å². The van der Waals surface area contributed by atoms with Crippen molar-refractivity contribution < 1.29 is 27.2 Å². The molecular weight excluding hydrogens is 442 g/mol. The van der Waals surface area contributed by atoms with Crippen LogP contribution < -0.4 is 10.6 Å². The van der Waals surface area contributed by atoms with Gasteiger partial charge in [0.05, 0.1) is 16.8 Å². The molecule has 2 N–H and O–H groups in total. The molecule has 180 valence electrons. The summed E-state index contributed by atoms with van der Waals surface area (Å²) in [5.41, 5.74) is -1.58. The zero-order valence-corrected chi connectivity index (χ0v) is 19.1. The number of likely N-dealkylation sites (N-methyl/N-ethyl adjacent to an activating group) is 2. The Bertz CT molecular complexity index is 1070. The molecule has 2 heterocycles. The second-order valence-electron chi connectivity index (χ2n) is 9.20. The van der Waals surface area contributed by atoms with Gasteiger partial charge in [-0.15, -0.1) is 0 Å². The number of aromatic nitrogens is 2. The number of hydrogen-bond acceptors (Lipinski definition) is 4. The summed E-state index contributed by atoms with van der Waals surface area (Å²) < 4.78 is 55.9. The summed E-state index contributed by atoms with van der Waals surface area (Å²) in [6.45, 7) is 6.50. The number of fused-ring (bicyclic) bond motifs is 1. The molecule has 3 rings (SSSR count). The summed E-state index contributed by atoms with van der Waals surface area (Å²) in [6, 6.07) is 1.23. The van der Waals surface area contributed by atoms with Crippen LogP contribution in [0.2, 0.25) is 0 Å². The second-order valence-corrected chi connectivity index (χ2v) is 9.20. The number of amides is 2. The van der Waals surface area contributed by atoms with Crippen molar-refractivity contribution in [2.24, 2.45) is 5.41 Å². The molecule has 2 amide bonds. The van der Waals surface area contributed by atoms with E-state index in [1.165, 1.54) is 7.05 Å². The first-order chi connectivity index (χ1) is 15.2. The van der Waals surface area contributed by atoms with Gasteiger partial charge in [-0.25, -0.2) is 9.37 Å². The molecule has 2 aromatic rings. The molecule has 0 radical (unpaired) electrons. The van der Waals surface area contributed by atoms with Gasteiger partial charge in [0.2, 0.25) is 5.91 Å². The fraction of sp³-hybridized carbons (Fsp3) is 0.500. The van der Waals surface area contributed by atoms with Crippen LogP contribution in [-0.4, -0.2) is 52.9 Å². The predicted molar refractivity (Wildman–Crippen MR) is 114 cm³/mol. The van der Waals surface area contributed by atoms with Crippen LogP contribution in [0.1, 0.15) is 42.5 Å². The van der Waals surface area contributed by atoms with Gasteiger partial charge in [-0.3, -0.25) is 14.5 Å². The number of carbonyl (C=O) groups is 2. The summed E-state index contributed by atoms with van der Waals surface area (Å²) in [5.74, 6) is -1.99. The molecule has 33 heavy (non-hydrogen) atoms. The summed E-state index contributed by atoms with van der Waals surface area (Å²) in [6.07, 6.45) is -4.66. The molecule has 0 bridgehead atoms.